The van der Waals surface area contributed by atoms with Crippen molar-refractivity contribution in [3.05, 3.63) is 82.9 Å². The van der Waals surface area contributed by atoms with Crippen LogP contribution in [-0.2, 0) is 28.0 Å². The average molecular weight is 633 g/mol. The van der Waals surface area contributed by atoms with Gasteiger partial charge in [-0.25, -0.2) is 27.2 Å². The largest absolute Gasteiger partial charge is 0.361 e. The van der Waals surface area contributed by atoms with Gasteiger partial charge in [-0.1, -0.05) is 18.7 Å². The van der Waals surface area contributed by atoms with Gasteiger partial charge in [-0.15, -0.1) is 4.98 Å². The van der Waals surface area contributed by atoms with Crippen molar-refractivity contribution in [2.45, 2.75) is 50.2 Å². The van der Waals surface area contributed by atoms with Crippen molar-refractivity contribution >= 4 is 38.2 Å². The minimum absolute atomic E-state index is 0.00498. The molecule has 45 heavy (non-hydrogen) atoms. The van der Waals surface area contributed by atoms with E-state index >= 15 is 0 Å². The second-order valence-corrected chi connectivity index (χ2v) is 13.0. The van der Waals surface area contributed by atoms with E-state index in [1.54, 1.807) is 48.1 Å². The van der Waals surface area contributed by atoms with E-state index in [0.29, 0.717) is 41.4 Å². The molecule has 0 bridgehead atoms. The van der Waals surface area contributed by atoms with Crippen LogP contribution in [0.1, 0.15) is 54.8 Å². The molecule has 5 aromatic rings. The molecule has 1 aliphatic rings. The van der Waals surface area contributed by atoms with E-state index in [1.165, 1.54) is 10.6 Å². The summed E-state index contributed by atoms with van der Waals surface area (Å²) < 4.78 is 63.9. The number of sulfone groups is 1. The number of imidazole rings is 1. The number of rotatable bonds is 8. The third kappa shape index (κ3) is 6.13. The number of nitrogens with zero attached hydrogens (tertiary/aromatic N) is 7. The summed E-state index contributed by atoms with van der Waals surface area (Å²) in [4.78, 5) is 16.8. The van der Waals surface area contributed by atoms with Crippen molar-refractivity contribution < 1.29 is 21.9 Å². The first kappa shape index (κ1) is 30.3. The molecule has 1 atom stereocenters. The molecule has 0 aliphatic carbocycles. The molecule has 1 fully saturated rings. The topological polar surface area (TPSA) is 121 Å². The Bertz CT molecular complexity index is 2040. The molecule has 6 rings (SSSR count). The van der Waals surface area contributed by atoms with Crippen molar-refractivity contribution in [1.82, 2.24) is 29.3 Å². The Morgan fingerprint density at radius 2 is 1.91 bits per heavy atom. The van der Waals surface area contributed by atoms with Gasteiger partial charge in [0.2, 0.25) is 0 Å². The molecule has 232 valence electrons. The lowest BCUT2D eigenvalue weighted by atomic mass is 10.1. The molecule has 1 saturated heterocycles. The minimum atomic E-state index is -3.76. The van der Waals surface area contributed by atoms with Crippen LogP contribution in [0.25, 0.3) is 27.3 Å². The highest BCUT2D eigenvalue weighted by Gasteiger charge is 2.29. The number of alkyl halides is 2. The van der Waals surface area contributed by atoms with E-state index in [-0.39, 0.29) is 34.0 Å². The van der Waals surface area contributed by atoms with Crippen LogP contribution < -0.4 is 5.32 Å². The number of hydrogen-bond donors (Lipinski definition) is 1. The zero-order valence-corrected chi connectivity index (χ0v) is 25.6. The zero-order valence-electron chi connectivity index (χ0n) is 24.8. The fraction of sp³-hybridized carbons (Fsp3) is 0.323. The number of benzene rings is 1. The van der Waals surface area contributed by atoms with Crippen LogP contribution in [0.4, 0.5) is 26.0 Å². The molecule has 4 aromatic heterocycles. The summed E-state index contributed by atoms with van der Waals surface area (Å²) in [7, 11) is -1.95. The summed E-state index contributed by atoms with van der Waals surface area (Å²) in [6.07, 6.45) is -0.165. The van der Waals surface area contributed by atoms with Gasteiger partial charge in [-0.3, -0.25) is 9.25 Å². The van der Waals surface area contributed by atoms with E-state index in [9.17, 15) is 17.2 Å². The highest BCUT2D eigenvalue weighted by atomic mass is 32.2. The lowest BCUT2D eigenvalue weighted by Crippen LogP contribution is -2.20. The third-order valence-electron chi connectivity index (χ3n) is 7.70. The van der Waals surface area contributed by atoms with Crippen LogP contribution in [0, 0.1) is 13.5 Å². The van der Waals surface area contributed by atoms with Crippen molar-refractivity contribution in [2.24, 2.45) is 7.05 Å². The Balaban J connectivity index is 1.52. The number of nitrogens with one attached hydrogen (secondary N) is 1. The van der Waals surface area contributed by atoms with Gasteiger partial charge in [0, 0.05) is 31.2 Å². The fourth-order valence-corrected chi connectivity index (χ4v) is 6.29. The van der Waals surface area contributed by atoms with E-state index in [1.807, 2.05) is 13.0 Å². The predicted octanol–water partition coefficient (Wildman–Crippen LogP) is 6.46. The summed E-state index contributed by atoms with van der Waals surface area (Å²) in [5, 5.41) is 7.64. The summed E-state index contributed by atoms with van der Waals surface area (Å²) >= 11 is 0. The van der Waals surface area contributed by atoms with Gasteiger partial charge in [-0.05, 0) is 62.6 Å². The quantitative estimate of drug-likeness (QED) is 0.194. The smallest absolute Gasteiger partial charge is 0.295 e. The molecule has 1 N–H and O–H groups in total. The molecular weight excluding hydrogens is 602 g/mol. The average Bonchev–Trinajstić information content (AvgIpc) is 3.57. The Morgan fingerprint density at radius 3 is 2.58 bits per heavy atom. The summed E-state index contributed by atoms with van der Waals surface area (Å²) in [5.41, 5.74) is 4.00. The maximum absolute atomic E-state index is 14.5. The predicted molar refractivity (Wildman–Crippen MR) is 164 cm³/mol. The number of aromatic nitrogens is 6. The number of aryl methyl sites for hydroxylation is 2. The van der Waals surface area contributed by atoms with E-state index in [2.05, 4.69) is 25.2 Å². The summed E-state index contributed by atoms with van der Waals surface area (Å²) in [6.45, 7) is 9.63. The standard InChI is InChI=1S/C31H30F2N8O3S/c1-18-14-23(39-40(18)3)19-11-12-22(25(15-19)45(4,42)43)37-24-17-21(16-20-8-7-9-26(34-2)35-20)36-30-28(24)38-31(29(32)33)41(30)27-10-5-6-13-44-27/h7-9,11-12,14-15,17,27,29H,5-6,10,13,16H2,1,3-4H3,(H,36,37). The second kappa shape index (κ2) is 12.0. The number of ether oxygens (including phenoxy) is 1. The molecule has 0 radical (unpaired) electrons. The molecule has 14 heteroatoms. The number of halogens is 2. The minimum Gasteiger partial charge on any atom is -0.361 e. The number of anilines is 2. The molecule has 1 aliphatic heterocycles. The molecule has 11 nitrogen and oxygen atoms in total. The highest BCUT2D eigenvalue weighted by molar-refractivity contribution is 7.90. The van der Waals surface area contributed by atoms with Gasteiger partial charge in [0.1, 0.15) is 17.4 Å². The number of hydrogen-bond acceptors (Lipinski definition) is 8. The summed E-state index contributed by atoms with van der Waals surface area (Å²) in [6, 6.07) is 13.5. The maximum Gasteiger partial charge on any atom is 0.295 e. The Kier molecular flexibility index (Phi) is 8.07. The molecule has 0 saturated carbocycles. The SMILES string of the molecule is [C-]#[N+]c1cccc(Cc2cc(Nc3ccc(-c4cc(C)n(C)n4)cc3S(C)(=O)=O)c3nc(C(F)F)n(C4CCCCO4)c3n2)n1. The van der Waals surface area contributed by atoms with E-state index < -0.39 is 28.3 Å². The molecule has 5 heterocycles. The monoisotopic (exact) mass is 632 g/mol. The third-order valence-corrected chi connectivity index (χ3v) is 8.83. The number of fused-ring (bicyclic) bond motifs is 1. The highest BCUT2D eigenvalue weighted by Crippen LogP contribution is 2.37. The van der Waals surface area contributed by atoms with Crippen LogP contribution in [0.15, 0.2) is 53.4 Å². The van der Waals surface area contributed by atoms with Crippen LogP contribution >= 0.6 is 0 Å². The lowest BCUT2D eigenvalue weighted by molar-refractivity contribution is -0.0363. The zero-order chi connectivity index (χ0) is 31.9. The van der Waals surface area contributed by atoms with Gasteiger partial charge < -0.3 is 14.9 Å². The molecule has 0 spiro atoms. The molecule has 0 amide bonds. The Labute approximate surface area is 258 Å². The Hall–Kier alpha value is -4.74. The van der Waals surface area contributed by atoms with Gasteiger partial charge in [0.25, 0.3) is 12.2 Å². The first-order valence-corrected chi connectivity index (χ1v) is 16.2. The van der Waals surface area contributed by atoms with E-state index in [4.69, 9.17) is 16.3 Å². The normalized spacial score (nSPS) is 15.4. The van der Waals surface area contributed by atoms with Gasteiger partial charge >= 0.3 is 0 Å². The van der Waals surface area contributed by atoms with Crippen LogP contribution in [0.5, 0.6) is 0 Å². The first-order valence-electron chi connectivity index (χ1n) is 14.3. The fourth-order valence-electron chi connectivity index (χ4n) is 5.43. The number of pyridine rings is 2. The lowest BCUT2D eigenvalue weighted by Gasteiger charge is -2.25. The summed E-state index contributed by atoms with van der Waals surface area (Å²) in [5.74, 6) is -0.268. The van der Waals surface area contributed by atoms with Crippen molar-refractivity contribution in [2.75, 3.05) is 18.2 Å². The van der Waals surface area contributed by atoms with Gasteiger partial charge in [-0.2, -0.15) is 5.10 Å². The molecule has 1 unspecified atom stereocenters. The van der Waals surface area contributed by atoms with Crippen LogP contribution in [0.2, 0.25) is 0 Å². The van der Waals surface area contributed by atoms with E-state index in [0.717, 1.165) is 24.8 Å². The Morgan fingerprint density at radius 1 is 1.09 bits per heavy atom. The van der Waals surface area contributed by atoms with Gasteiger partial charge in [0.15, 0.2) is 21.3 Å². The maximum atomic E-state index is 14.5. The molecular formula is C31H30F2N8O3S. The van der Waals surface area contributed by atoms with Crippen molar-refractivity contribution in [3.63, 3.8) is 0 Å². The van der Waals surface area contributed by atoms with Gasteiger partial charge in [0.05, 0.1) is 34.1 Å². The second-order valence-electron chi connectivity index (χ2n) is 11.0. The van der Waals surface area contributed by atoms with Crippen LogP contribution in [0.3, 0.4) is 0 Å². The van der Waals surface area contributed by atoms with Crippen LogP contribution in [-0.4, -0.2) is 50.6 Å². The van der Waals surface area contributed by atoms with Crippen molar-refractivity contribution in [3.8, 4) is 11.3 Å². The van der Waals surface area contributed by atoms with Crippen molar-refractivity contribution in [1.29, 1.82) is 0 Å². The molecule has 1 aromatic carbocycles. The first-order chi connectivity index (χ1) is 21.5.